The Hall–Kier alpha value is -0.900. The summed E-state index contributed by atoms with van der Waals surface area (Å²) in [7, 11) is 0. The minimum absolute atomic E-state index is 0.368. The summed E-state index contributed by atoms with van der Waals surface area (Å²) in [5, 5.41) is 9.87. The average Bonchev–Trinajstić information content (AvgIpc) is 2.78. The van der Waals surface area contributed by atoms with Crippen molar-refractivity contribution in [3.8, 4) is 0 Å². The van der Waals surface area contributed by atoms with Crippen LogP contribution in [-0.4, -0.2) is 16.1 Å². The number of rotatable bonds is 3. The highest BCUT2D eigenvalue weighted by atomic mass is 32.1. The fraction of sp³-hybridized carbons (Fsp3) is 0.667. The summed E-state index contributed by atoms with van der Waals surface area (Å²) in [6, 6.07) is 0. The van der Waals surface area contributed by atoms with Crippen molar-refractivity contribution in [2.75, 3.05) is 0 Å². The molecule has 0 atom stereocenters. The van der Waals surface area contributed by atoms with E-state index < -0.39 is 5.97 Å². The van der Waals surface area contributed by atoms with E-state index in [1.54, 1.807) is 0 Å². The van der Waals surface area contributed by atoms with Gasteiger partial charge < -0.3 is 5.11 Å². The molecule has 3 nitrogen and oxygen atoms in total. The van der Waals surface area contributed by atoms with E-state index >= 15 is 0 Å². The maximum absolute atomic E-state index is 10.8. The number of carboxylic acids is 1. The third-order valence-electron chi connectivity index (χ3n) is 3.51. The van der Waals surface area contributed by atoms with Crippen molar-refractivity contribution in [3.05, 3.63) is 16.1 Å². The molecule has 0 amide bonds. The van der Waals surface area contributed by atoms with Gasteiger partial charge >= 0.3 is 5.97 Å². The molecule has 0 bridgehead atoms. The van der Waals surface area contributed by atoms with Crippen molar-refractivity contribution >= 4 is 17.3 Å². The van der Waals surface area contributed by atoms with Crippen molar-refractivity contribution in [2.24, 2.45) is 5.92 Å². The van der Waals surface area contributed by atoms with E-state index in [1.165, 1.54) is 49.6 Å². The minimum Gasteiger partial charge on any atom is -0.477 e. The van der Waals surface area contributed by atoms with Crippen molar-refractivity contribution in [2.45, 2.75) is 44.9 Å². The summed E-state index contributed by atoms with van der Waals surface area (Å²) < 4.78 is 0. The largest absolute Gasteiger partial charge is 0.477 e. The van der Waals surface area contributed by atoms with Crippen LogP contribution in [0.5, 0.6) is 0 Å². The zero-order valence-corrected chi connectivity index (χ0v) is 10.3. The highest BCUT2D eigenvalue weighted by Crippen LogP contribution is 2.38. The molecule has 0 spiro atoms. The maximum Gasteiger partial charge on any atom is 0.347 e. The van der Waals surface area contributed by atoms with Crippen LogP contribution in [0.15, 0.2) is 6.20 Å². The molecule has 1 fully saturated rings. The Morgan fingerprint density at radius 3 is 2.69 bits per heavy atom. The van der Waals surface area contributed by atoms with Crippen LogP contribution in [0.1, 0.15) is 59.6 Å². The summed E-state index contributed by atoms with van der Waals surface area (Å²) in [4.78, 5) is 15.4. The maximum atomic E-state index is 10.8. The van der Waals surface area contributed by atoms with Gasteiger partial charge in [0.1, 0.15) is 4.88 Å². The smallest absolute Gasteiger partial charge is 0.347 e. The molecule has 1 saturated carbocycles. The lowest BCUT2D eigenvalue weighted by Gasteiger charge is -2.26. The molecular formula is C12H17NO2S. The molecule has 1 heterocycles. The zero-order chi connectivity index (χ0) is 11.5. The molecule has 0 radical (unpaired) electrons. The fourth-order valence-corrected chi connectivity index (χ4v) is 3.32. The third kappa shape index (κ3) is 2.43. The molecule has 0 aromatic carbocycles. The van der Waals surface area contributed by atoms with Gasteiger partial charge in [-0.2, -0.15) is 0 Å². The van der Waals surface area contributed by atoms with Gasteiger partial charge in [-0.1, -0.05) is 13.3 Å². The number of carboxylic acid groups (broad SMARTS) is 1. The molecule has 2 rings (SSSR count). The van der Waals surface area contributed by atoms with Crippen LogP contribution in [-0.2, 0) is 0 Å². The van der Waals surface area contributed by atoms with Crippen LogP contribution in [0.4, 0.5) is 0 Å². The molecular weight excluding hydrogens is 222 g/mol. The lowest BCUT2D eigenvalue weighted by molar-refractivity contribution is 0.0702. The van der Waals surface area contributed by atoms with Crippen LogP contribution in [0.2, 0.25) is 0 Å². The molecule has 16 heavy (non-hydrogen) atoms. The van der Waals surface area contributed by atoms with E-state index in [-0.39, 0.29) is 0 Å². The van der Waals surface area contributed by atoms with Gasteiger partial charge in [-0.3, -0.25) is 0 Å². The predicted molar refractivity (Wildman–Crippen MR) is 64.1 cm³/mol. The SMILES string of the molecule is CCC1CCC(c2ncc(C(=O)O)s2)CC1. The van der Waals surface area contributed by atoms with E-state index in [0.29, 0.717) is 10.8 Å². The monoisotopic (exact) mass is 239 g/mol. The molecule has 1 aromatic heterocycles. The molecule has 1 aliphatic carbocycles. The quantitative estimate of drug-likeness (QED) is 0.878. The summed E-state index contributed by atoms with van der Waals surface area (Å²) in [5.41, 5.74) is 0. The summed E-state index contributed by atoms with van der Waals surface area (Å²) in [6.45, 7) is 2.25. The lowest BCUT2D eigenvalue weighted by atomic mass is 9.81. The van der Waals surface area contributed by atoms with Crippen LogP contribution < -0.4 is 0 Å². The first-order valence-corrected chi connectivity index (χ1v) is 6.71. The van der Waals surface area contributed by atoms with E-state index in [0.717, 1.165) is 10.9 Å². The normalized spacial score (nSPS) is 25.6. The van der Waals surface area contributed by atoms with Gasteiger partial charge in [0.05, 0.1) is 11.2 Å². The van der Waals surface area contributed by atoms with Crippen molar-refractivity contribution in [3.63, 3.8) is 0 Å². The Morgan fingerprint density at radius 2 is 2.19 bits per heavy atom. The Bertz CT molecular complexity index is 367. The second-order valence-electron chi connectivity index (χ2n) is 4.49. The van der Waals surface area contributed by atoms with Crippen molar-refractivity contribution in [1.82, 2.24) is 4.98 Å². The highest BCUT2D eigenvalue weighted by molar-refractivity contribution is 7.13. The predicted octanol–water partition coefficient (Wildman–Crippen LogP) is 3.53. The number of aromatic nitrogens is 1. The van der Waals surface area contributed by atoms with Crippen LogP contribution in [0.3, 0.4) is 0 Å². The van der Waals surface area contributed by atoms with Crippen LogP contribution in [0.25, 0.3) is 0 Å². The molecule has 1 aliphatic rings. The molecule has 88 valence electrons. The summed E-state index contributed by atoms with van der Waals surface area (Å²) >= 11 is 1.35. The number of carbonyl (C=O) groups is 1. The van der Waals surface area contributed by atoms with E-state index in [4.69, 9.17) is 5.11 Å². The first-order valence-electron chi connectivity index (χ1n) is 5.89. The number of hydrogen-bond donors (Lipinski definition) is 1. The molecule has 0 saturated heterocycles. The molecule has 0 unspecified atom stereocenters. The summed E-state index contributed by atoms with van der Waals surface area (Å²) in [5.74, 6) is 0.516. The molecule has 4 heteroatoms. The Balaban J connectivity index is 2.00. The first-order chi connectivity index (χ1) is 7.70. The minimum atomic E-state index is -0.856. The fourth-order valence-electron chi connectivity index (χ4n) is 2.39. The zero-order valence-electron chi connectivity index (χ0n) is 9.48. The van der Waals surface area contributed by atoms with Gasteiger partial charge in [-0.25, -0.2) is 9.78 Å². The van der Waals surface area contributed by atoms with Crippen molar-refractivity contribution < 1.29 is 9.90 Å². The van der Waals surface area contributed by atoms with Gasteiger partial charge in [0.2, 0.25) is 0 Å². The standard InChI is InChI=1S/C12H17NO2S/c1-2-8-3-5-9(6-4-8)11-13-7-10(16-11)12(14)15/h7-9H,2-6H2,1H3,(H,14,15). The van der Waals surface area contributed by atoms with Crippen LogP contribution >= 0.6 is 11.3 Å². The summed E-state index contributed by atoms with van der Waals surface area (Å²) in [6.07, 6.45) is 7.64. The van der Waals surface area contributed by atoms with Crippen molar-refractivity contribution in [1.29, 1.82) is 0 Å². The Labute approximate surface area is 99.5 Å². The third-order valence-corrected chi connectivity index (χ3v) is 4.66. The number of hydrogen-bond acceptors (Lipinski definition) is 3. The average molecular weight is 239 g/mol. The van der Waals surface area contributed by atoms with Gasteiger partial charge in [-0.15, -0.1) is 11.3 Å². The Morgan fingerprint density at radius 1 is 1.50 bits per heavy atom. The first kappa shape index (κ1) is 11.6. The van der Waals surface area contributed by atoms with Gasteiger partial charge in [0.15, 0.2) is 0 Å². The van der Waals surface area contributed by atoms with Crippen LogP contribution in [0, 0.1) is 5.92 Å². The number of aromatic carboxylic acids is 1. The highest BCUT2D eigenvalue weighted by Gasteiger charge is 2.24. The van der Waals surface area contributed by atoms with E-state index in [9.17, 15) is 4.79 Å². The second-order valence-corrected chi connectivity index (χ2v) is 5.56. The van der Waals surface area contributed by atoms with Gasteiger partial charge in [0.25, 0.3) is 0 Å². The molecule has 1 N–H and O–H groups in total. The lowest BCUT2D eigenvalue weighted by Crippen LogP contribution is -2.12. The number of thiazole rings is 1. The number of nitrogens with zero attached hydrogens (tertiary/aromatic N) is 1. The topological polar surface area (TPSA) is 50.2 Å². The van der Waals surface area contributed by atoms with E-state index in [2.05, 4.69) is 11.9 Å². The molecule has 1 aromatic rings. The van der Waals surface area contributed by atoms with E-state index in [1.807, 2.05) is 0 Å². The Kier molecular flexibility index (Phi) is 3.59. The molecule has 0 aliphatic heterocycles. The second kappa shape index (κ2) is 4.95. The van der Waals surface area contributed by atoms with Gasteiger partial charge in [0, 0.05) is 5.92 Å². The van der Waals surface area contributed by atoms with Gasteiger partial charge in [-0.05, 0) is 31.6 Å².